The van der Waals surface area contributed by atoms with Crippen LogP contribution in [0.2, 0.25) is 5.02 Å². The van der Waals surface area contributed by atoms with Crippen LogP contribution < -0.4 is 11.1 Å². The highest BCUT2D eigenvalue weighted by Gasteiger charge is 2.49. The van der Waals surface area contributed by atoms with E-state index in [-0.39, 0.29) is 29.2 Å². The van der Waals surface area contributed by atoms with Crippen molar-refractivity contribution in [3.63, 3.8) is 0 Å². The van der Waals surface area contributed by atoms with Gasteiger partial charge >= 0.3 is 0 Å². The van der Waals surface area contributed by atoms with Gasteiger partial charge in [0, 0.05) is 35.6 Å². The average molecular weight is 505 g/mol. The molecule has 1 aromatic heterocycles. The zero-order valence-corrected chi connectivity index (χ0v) is 19.3. The van der Waals surface area contributed by atoms with Crippen molar-refractivity contribution in [2.24, 2.45) is 5.73 Å². The first-order valence-corrected chi connectivity index (χ1v) is 11.2. The predicted molar refractivity (Wildman–Crippen MR) is 125 cm³/mol. The lowest BCUT2D eigenvalue weighted by molar-refractivity contribution is -0.139. The Hall–Kier alpha value is -3.50. The SMILES string of the molecule is NC(=O)c1cn(CC(=O)N2C[C@@](F)(CO)C[C@H]2C(=O)NCc2cccc(Cl)c2F)c2ccccc12. The maximum atomic E-state index is 15.1. The lowest BCUT2D eigenvalue weighted by atomic mass is 10.0. The van der Waals surface area contributed by atoms with Gasteiger partial charge in [0.1, 0.15) is 18.4 Å². The van der Waals surface area contributed by atoms with E-state index in [4.69, 9.17) is 17.3 Å². The third-order valence-electron chi connectivity index (χ3n) is 6.14. The van der Waals surface area contributed by atoms with Crippen molar-refractivity contribution in [1.82, 2.24) is 14.8 Å². The van der Waals surface area contributed by atoms with Crippen molar-refractivity contribution in [2.45, 2.75) is 31.2 Å². The molecular formula is C24H23ClF2N4O4. The van der Waals surface area contributed by atoms with Crippen molar-refractivity contribution in [3.05, 3.63) is 70.6 Å². The summed E-state index contributed by atoms with van der Waals surface area (Å²) in [6, 6.07) is 9.97. The summed E-state index contributed by atoms with van der Waals surface area (Å²) in [6.07, 6.45) is 1.02. The highest BCUT2D eigenvalue weighted by molar-refractivity contribution is 6.30. The number of halogens is 3. The van der Waals surface area contributed by atoms with Crippen LogP contribution >= 0.6 is 11.6 Å². The molecule has 35 heavy (non-hydrogen) atoms. The Morgan fingerprint density at radius 1 is 1.20 bits per heavy atom. The number of hydrogen-bond acceptors (Lipinski definition) is 4. The highest BCUT2D eigenvalue weighted by atomic mass is 35.5. The number of aliphatic hydroxyl groups is 1. The summed E-state index contributed by atoms with van der Waals surface area (Å²) >= 11 is 5.77. The molecular weight excluding hydrogens is 482 g/mol. The molecule has 2 atom stereocenters. The van der Waals surface area contributed by atoms with Crippen LogP contribution in [0.3, 0.4) is 0 Å². The second-order valence-corrected chi connectivity index (χ2v) is 8.94. The number of carbonyl (C=O) groups is 3. The number of nitrogens with two attached hydrogens (primary N) is 1. The number of hydrogen-bond donors (Lipinski definition) is 3. The minimum atomic E-state index is -2.17. The molecule has 2 heterocycles. The number of primary amides is 1. The molecule has 4 rings (SSSR count). The van der Waals surface area contributed by atoms with Gasteiger partial charge in [0.25, 0.3) is 5.91 Å². The Morgan fingerprint density at radius 3 is 2.66 bits per heavy atom. The Labute approximate surface area is 204 Å². The quantitative estimate of drug-likeness (QED) is 0.457. The van der Waals surface area contributed by atoms with Gasteiger partial charge in [0.2, 0.25) is 11.8 Å². The molecule has 4 N–H and O–H groups in total. The van der Waals surface area contributed by atoms with E-state index in [1.54, 1.807) is 24.3 Å². The largest absolute Gasteiger partial charge is 0.393 e. The summed E-state index contributed by atoms with van der Waals surface area (Å²) in [5.41, 5.74) is 4.21. The molecule has 1 fully saturated rings. The summed E-state index contributed by atoms with van der Waals surface area (Å²) in [5.74, 6) is -2.64. The fourth-order valence-electron chi connectivity index (χ4n) is 4.34. The van der Waals surface area contributed by atoms with Gasteiger partial charge in [-0.25, -0.2) is 8.78 Å². The van der Waals surface area contributed by atoms with E-state index in [1.807, 2.05) is 0 Å². The van der Waals surface area contributed by atoms with Crippen LogP contribution in [0.25, 0.3) is 10.9 Å². The standard InChI is InChI=1S/C24H23ClF2N4O4/c25-17-6-3-4-14(21(17)26)9-29-23(35)19-8-24(27,13-32)12-31(19)20(33)11-30-10-16(22(28)34)15-5-1-2-7-18(15)30/h1-7,10,19,32H,8-9,11-13H2,(H2,28,34)(H,29,35)/t19-,24+/m0/s1. The molecule has 1 aliphatic heterocycles. The Morgan fingerprint density at radius 2 is 1.94 bits per heavy atom. The minimum absolute atomic E-state index is 0.105. The van der Waals surface area contributed by atoms with Crippen LogP contribution in [0.15, 0.2) is 48.7 Å². The van der Waals surface area contributed by atoms with E-state index in [1.165, 1.54) is 29.0 Å². The van der Waals surface area contributed by atoms with Gasteiger partial charge in [-0.2, -0.15) is 0 Å². The van der Waals surface area contributed by atoms with Crippen molar-refractivity contribution in [2.75, 3.05) is 13.2 Å². The second-order valence-electron chi connectivity index (χ2n) is 8.53. The number of nitrogens with zero attached hydrogens (tertiary/aromatic N) is 2. The predicted octanol–water partition coefficient (Wildman–Crippen LogP) is 2.15. The zero-order chi connectivity index (χ0) is 25.3. The number of nitrogens with one attached hydrogen (secondary N) is 1. The van der Waals surface area contributed by atoms with E-state index < -0.39 is 54.8 Å². The van der Waals surface area contributed by atoms with Gasteiger partial charge in [0.05, 0.1) is 23.7 Å². The molecule has 1 saturated heterocycles. The first-order valence-electron chi connectivity index (χ1n) is 10.8. The van der Waals surface area contributed by atoms with Gasteiger partial charge in [-0.05, 0) is 12.1 Å². The Kier molecular flexibility index (Phi) is 6.77. The van der Waals surface area contributed by atoms with Gasteiger partial charge < -0.3 is 25.6 Å². The number of fused-ring (bicyclic) bond motifs is 1. The van der Waals surface area contributed by atoms with Gasteiger partial charge in [-0.1, -0.05) is 41.9 Å². The summed E-state index contributed by atoms with van der Waals surface area (Å²) in [4.78, 5) is 39.0. The molecule has 184 valence electrons. The van der Waals surface area contributed by atoms with Crippen LogP contribution in [0.4, 0.5) is 8.78 Å². The second kappa shape index (κ2) is 9.63. The molecule has 0 spiro atoms. The number of alkyl halides is 1. The lowest BCUT2D eigenvalue weighted by Gasteiger charge is -2.24. The molecule has 0 radical (unpaired) electrons. The first kappa shape index (κ1) is 24.6. The van der Waals surface area contributed by atoms with Gasteiger partial charge in [-0.3, -0.25) is 14.4 Å². The van der Waals surface area contributed by atoms with Crippen molar-refractivity contribution < 1.29 is 28.3 Å². The number of benzene rings is 2. The van der Waals surface area contributed by atoms with Crippen molar-refractivity contribution in [3.8, 4) is 0 Å². The average Bonchev–Trinajstić information content (AvgIpc) is 3.39. The molecule has 3 amide bonds. The van der Waals surface area contributed by atoms with Crippen LogP contribution in [0.1, 0.15) is 22.3 Å². The smallest absolute Gasteiger partial charge is 0.250 e. The molecule has 8 nitrogen and oxygen atoms in total. The monoisotopic (exact) mass is 504 g/mol. The number of likely N-dealkylation sites (tertiary alicyclic amines) is 1. The number of rotatable bonds is 7. The number of aromatic nitrogens is 1. The minimum Gasteiger partial charge on any atom is -0.393 e. The molecule has 0 unspecified atom stereocenters. The third-order valence-corrected chi connectivity index (χ3v) is 6.43. The maximum Gasteiger partial charge on any atom is 0.250 e. The van der Waals surface area contributed by atoms with Crippen LogP contribution in [-0.2, 0) is 22.7 Å². The van der Waals surface area contributed by atoms with E-state index in [2.05, 4.69) is 5.32 Å². The van der Waals surface area contributed by atoms with Crippen LogP contribution in [0, 0.1) is 5.82 Å². The fourth-order valence-corrected chi connectivity index (χ4v) is 4.54. The van der Waals surface area contributed by atoms with Crippen molar-refractivity contribution >= 4 is 40.2 Å². The van der Waals surface area contributed by atoms with E-state index in [0.29, 0.717) is 10.9 Å². The maximum absolute atomic E-state index is 15.1. The molecule has 1 aliphatic rings. The van der Waals surface area contributed by atoms with Crippen LogP contribution in [0.5, 0.6) is 0 Å². The zero-order valence-electron chi connectivity index (χ0n) is 18.5. The van der Waals surface area contributed by atoms with Gasteiger partial charge in [0.15, 0.2) is 5.67 Å². The van der Waals surface area contributed by atoms with Crippen molar-refractivity contribution in [1.29, 1.82) is 0 Å². The molecule has 0 aliphatic carbocycles. The highest BCUT2D eigenvalue weighted by Crippen LogP contribution is 2.31. The summed E-state index contributed by atoms with van der Waals surface area (Å²) < 4.78 is 30.7. The molecule has 11 heteroatoms. The van der Waals surface area contributed by atoms with E-state index in [0.717, 1.165) is 4.90 Å². The topological polar surface area (TPSA) is 118 Å². The summed E-state index contributed by atoms with van der Waals surface area (Å²) in [7, 11) is 0. The first-order chi connectivity index (χ1) is 16.6. The lowest BCUT2D eigenvalue weighted by Crippen LogP contribution is -2.46. The van der Waals surface area contributed by atoms with E-state index in [9.17, 15) is 23.9 Å². The Bertz CT molecular complexity index is 1310. The normalized spacial score (nSPS) is 19.8. The van der Waals surface area contributed by atoms with Crippen LogP contribution in [-0.4, -0.2) is 57.2 Å². The number of aliphatic hydroxyl groups excluding tert-OH is 1. The number of para-hydroxylation sites is 1. The third kappa shape index (κ3) is 4.85. The van der Waals surface area contributed by atoms with E-state index >= 15 is 4.39 Å². The number of carbonyl (C=O) groups excluding carboxylic acids is 3. The van der Waals surface area contributed by atoms with Gasteiger partial charge in [-0.15, -0.1) is 0 Å². The summed E-state index contributed by atoms with van der Waals surface area (Å²) in [5, 5.41) is 12.5. The fraction of sp³-hybridized carbons (Fsp3) is 0.292. The summed E-state index contributed by atoms with van der Waals surface area (Å²) in [6.45, 7) is -1.87. The molecule has 2 aromatic carbocycles. The molecule has 3 aromatic rings. The number of amides is 3. The molecule has 0 bridgehead atoms. The molecule has 0 saturated carbocycles. The Balaban J connectivity index is 1.55.